The van der Waals surface area contributed by atoms with Crippen LogP contribution in [0.15, 0.2) is 46.0 Å². The van der Waals surface area contributed by atoms with Crippen LogP contribution in [0.4, 0.5) is 4.39 Å². The van der Waals surface area contributed by atoms with Crippen LogP contribution in [0.2, 0.25) is 0 Å². The van der Waals surface area contributed by atoms with Gasteiger partial charge < -0.3 is 5.11 Å². The lowest BCUT2D eigenvalue weighted by Gasteiger charge is -2.06. The number of benzene rings is 1. The molecule has 0 saturated heterocycles. The molecule has 0 radical (unpaired) electrons. The maximum Gasteiger partial charge on any atom is 0.335 e. The fourth-order valence-corrected chi connectivity index (χ4v) is 2.56. The van der Waals surface area contributed by atoms with E-state index in [9.17, 15) is 9.18 Å². The van der Waals surface area contributed by atoms with E-state index in [1.807, 2.05) is 12.1 Å². The number of carboxylic acids is 1. The van der Waals surface area contributed by atoms with E-state index in [-0.39, 0.29) is 5.56 Å². The Morgan fingerprint density at radius 2 is 2.16 bits per heavy atom. The predicted octanol–water partition coefficient (Wildman–Crippen LogP) is 3.97. The van der Waals surface area contributed by atoms with Crippen LogP contribution >= 0.6 is 27.7 Å². The molecule has 1 N–H and O–H groups in total. The number of nitrogens with zero attached hydrogens (tertiary/aromatic N) is 1. The molecule has 1 aromatic heterocycles. The highest BCUT2D eigenvalue weighted by Crippen LogP contribution is 2.24. The van der Waals surface area contributed by atoms with E-state index in [1.165, 1.54) is 23.9 Å². The summed E-state index contributed by atoms with van der Waals surface area (Å²) in [6.45, 7) is 0. The Labute approximate surface area is 122 Å². The molecule has 98 valence electrons. The van der Waals surface area contributed by atoms with Crippen molar-refractivity contribution in [2.45, 2.75) is 10.8 Å². The molecule has 0 bridgehead atoms. The van der Waals surface area contributed by atoms with Crippen molar-refractivity contribution in [2.24, 2.45) is 0 Å². The van der Waals surface area contributed by atoms with E-state index < -0.39 is 11.8 Å². The van der Waals surface area contributed by atoms with Crippen LogP contribution < -0.4 is 0 Å². The largest absolute Gasteiger partial charge is 0.478 e. The molecule has 3 nitrogen and oxygen atoms in total. The van der Waals surface area contributed by atoms with E-state index in [1.54, 1.807) is 6.20 Å². The number of carboxylic acid groups (broad SMARTS) is 1. The molecule has 0 aliphatic carbocycles. The van der Waals surface area contributed by atoms with E-state index in [0.717, 1.165) is 15.6 Å². The van der Waals surface area contributed by atoms with Crippen LogP contribution in [0, 0.1) is 5.82 Å². The molecule has 0 saturated carbocycles. The van der Waals surface area contributed by atoms with Crippen molar-refractivity contribution < 1.29 is 14.3 Å². The molecular formula is C13H9BrFNO2S. The molecular weight excluding hydrogens is 333 g/mol. The van der Waals surface area contributed by atoms with Crippen LogP contribution in [-0.2, 0) is 5.75 Å². The van der Waals surface area contributed by atoms with Gasteiger partial charge in [-0.15, -0.1) is 11.8 Å². The second-order valence-corrected chi connectivity index (χ2v) is 5.62. The van der Waals surface area contributed by atoms with Crippen molar-refractivity contribution in [3.05, 3.63) is 57.9 Å². The fourth-order valence-electron chi connectivity index (χ4n) is 1.49. The molecule has 2 aromatic rings. The van der Waals surface area contributed by atoms with E-state index in [4.69, 9.17) is 5.11 Å². The molecule has 1 aromatic carbocycles. The second-order valence-electron chi connectivity index (χ2n) is 3.71. The lowest BCUT2D eigenvalue weighted by molar-refractivity contribution is 0.0696. The van der Waals surface area contributed by atoms with Gasteiger partial charge in [0.05, 0.1) is 10.6 Å². The Bertz CT molecular complexity index is 604. The van der Waals surface area contributed by atoms with Crippen molar-refractivity contribution in [2.75, 3.05) is 0 Å². The molecule has 0 spiro atoms. The summed E-state index contributed by atoms with van der Waals surface area (Å²) in [4.78, 5) is 15.2. The molecule has 2 rings (SSSR count). The van der Waals surface area contributed by atoms with Gasteiger partial charge >= 0.3 is 5.97 Å². The molecule has 0 aliphatic rings. The van der Waals surface area contributed by atoms with Crippen molar-refractivity contribution >= 4 is 33.7 Å². The average molecular weight is 342 g/mol. The number of halogens is 2. The van der Waals surface area contributed by atoms with Gasteiger partial charge in [-0.05, 0) is 51.8 Å². The third kappa shape index (κ3) is 3.78. The topological polar surface area (TPSA) is 50.2 Å². The summed E-state index contributed by atoms with van der Waals surface area (Å²) in [7, 11) is 0. The molecule has 1 heterocycles. The summed E-state index contributed by atoms with van der Waals surface area (Å²) in [5, 5.41) is 9.79. The summed E-state index contributed by atoms with van der Waals surface area (Å²) in [6, 6.07) is 7.33. The second kappa shape index (κ2) is 6.16. The number of pyridine rings is 1. The third-order valence-corrected chi connectivity index (χ3v) is 3.84. The van der Waals surface area contributed by atoms with Crippen molar-refractivity contribution in [1.82, 2.24) is 4.98 Å². The average Bonchev–Trinajstić information content (AvgIpc) is 2.38. The van der Waals surface area contributed by atoms with Crippen molar-refractivity contribution in [3.63, 3.8) is 0 Å². The number of carbonyl (C=O) groups is 1. The van der Waals surface area contributed by atoms with Crippen LogP contribution in [0.5, 0.6) is 0 Å². The summed E-state index contributed by atoms with van der Waals surface area (Å²) in [5.74, 6) is -1.14. The highest BCUT2D eigenvalue weighted by molar-refractivity contribution is 9.10. The number of rotatable bonds is 4. The zero-order valence-corrected chi connectivity index (χ0v) is 12.0. The summed E-state index contributed by atoms with van der Waals surface area (Å²) in [5.41, 5.74) is 0.563. The molecule has 6 heteroatoms. The minimum Gasteiger partial charge on any atom is -0.478 e. The molecule has 0 atom stereocenters. The Balaban J connectivity index is 2.16. The molecule has 0 unspecified atom stereocenters. The highest BCUT2D eigenvalue weighted by atomic mass is 79.9. The van der Waals surface area contributed by atoms with E-state index in [0.29, 0.717) is 11.3 Å². The number of thioether (sulfide) groups is 1. The van der Waals surface area contributed by atoms with Crippen LogP contribution in [-0.4, -0.2) is 16.1 Å². The zero-order valence-electron chi connectivity index (χ0n) is 9.64. The van der Waals surface area contributed by atoms with Gasteiger partial charge in [0.15, 0.2) is 0 Å². The number of hydrogen-bond donors (Lipinski definition) is 1. The first-order chi connectivity index (χ1) is 9.06. The first kappa shape index (κ1) is 14.0. The van der Waals surface area contributed by atoms with E-state index in [2.05, 4.69) is 20.9 Å². The smallest absolute Gasteiger partial charge is 0.335 e. The van der Waals surface area contributed by atoms with Gasteiger partial charge in [0.25, 0.3) is 0 Å². The first-order valence-corrected chi connectivity index (χ1v) is 7.10. The van der Waals surface area contributed by atoms with Gasteiger partial charge in [0.2, 0.25) is 0 Å². The first-order valence-electron chi connectivity index (χ1n) is 5.32. The summed E-state index contributed by atoms with van der Waals surface area (Å²) >= 11 is 4.64. The van der Waals surface area contributed by atoms with Crippen molar-refractivity contribution in [1.29, 1.82) is 0 Å². The molecule has 0 fully saturated rings. The third-order valence-electron chi connectivity index (χ3n) is 2.37. The molecule has 0 aliphatic heterocycles. The van der Waals surface area contributed by atoms with Gasteiger partial charge in [-0.1, -0.05) is 0 Å². The van der Waals surface area contributed by atoms with Gasteiger partial charge in [-0.25, -0.2) is 14.2 Å². The SMILES string of the molecule is O=C(O)c1ccc(F)cc1CSc1ccc(Br)cn1. The van der Waals surface area contributed by atoms with Crippen molar-refractivity contribution in [3.8, 4) is 0 Å². The highest BCUT2D eigenvalue weighted by Gasteiger charge is 2.11. The normalized spacial score (nSPS) is 10.4. The molecule has 0 amide bonds. The minimum absolute atomic E-state index is 0.117. The fraction of sp³-hybridized carbons (Fsp3) is 0.0769. The zero-order chi connectivity index (χ0) is 13.8. The van der Waals surface area contributed by atoms with Crippen LogP contribution in [0.1, 0.15) is 15.9 Å². The van der Waals surface area contributed by atoms with Crippen LogP contribution in [0.3, 0.4) is 0 Å². The number of aromatic carboxylic acids is 1. The quantitative estimate of drug-likeness (QED) is 0.854. The number of aromatic nitrogens is 1. The summed E-state index contributed by atoms with van der Waals surface area (Å²) < 4.78 is 14.0. The van der Waals surface area contributed by atoms with Gasteiger partial charge in [0.1, 0.15) is 5.82 Å². The van der Waals surface area contributed by atoms with Gasteiger partial charge in [0, 0.05) is 16.4 Å². The number of hydrogen-bond acceptors (Lipinski definition) is 3. The Morgan fingerprint density at radius 3 is 2.79 bits per heavy atom. The standard InChI is InChI=1S/C13H9BrFNO2S/c14-9-1-4-12(16-6-9)19-7-8-5-10(15)2-3-11(8)13(17)18/h1-6H,7H2,(H,17,18). The maximum atomic E-state index is 13.2. The van der Waals surface area contributed by atoms with Gasteiger partial charge in [-0.3, -0.25) is 0 Å². The van der Waals surface area contributed by atoms with E-state index >= 15 is 0 Å². The van der Waals surface area contributed by atoms with Gasteiger partial charge in [-0.2, -0.15) is 0 Å². The van der Waals surface area contributed by atoms with Crippen LogP contribution in [0.25, 0.3) is 0 Å². The summed E-state index contributed by atoms with van der Waals surface area (Å²) in [6.07, 6.45) is 1.66. The Hall–Kier alpha value is -1.40. The maximum absolute atomic E-state index is 13.2. The lowest BCUT2D eigenvalue weighted by Crippen LogP contribution is -2.02. The Kier molecular flexibility index (Phi) is 4.55. The molecule has 19 heavy (non-hydrogen) atoms. The Morgan fingerprint density at radius 1 is 1.37 bits per heavy atom. The monoisotopic (exact) mass is 341 g/mol. The minimum atomic E-state index is -1.06. The predicted molar refractivity (Wildman–Crippen MR) is 74.9 cm³/mol. The lowest BCUT2D eigenvalue weighted by atomic mass is 10.1.